The number of hydrogen-bond donors (Lipinski definition) is 0. The van der Waals surface area contributed by atoms with Crippen LogP contribution < -0.4 is 9.47 Å². The standard InChI is InChI=1S/C15H21NO5/c1-18-12-3-5-13(6-4-12)21-11-14-9-16(7-8-20-14)10-15(17)19-2/h3-6,14H,7-11H2,1-2H3/t14-/m1/s1. The lowest BCUT2D eigenvalue weighted by Crippen LogP contribution is -2.46. The summed E-state index contributed by atoms with van der Waals surface area (Å²) in [4.78, 5) is 13.3. The molecule has 1 fully saturated rings. The third kappa shape index (κ3) is 4.91. The quantitative estimate of drug-likeness (QED) is 0.728. The molecule has 0 aromatic heterocycles. The van der Waals surface area contributed by atoms with Crippen LogP contribution in [0.1, 0.15) is 0 Å². The molecular formula is C15H21NO5. The minimum absolute atomic E-state index is 0.0505. The number of methoxy groups -OCH3 is 2. The summed E-state index contributed by atoms with van der Waals surface area (Å²) in [6.07, 6.45) is -0.0505. The number of benzene rings is 1. The number of rotatable bonds is 6. The van der Waals surface area contributed by atoms with E-state index in [-0.39, 0.29) is 12.1 Å². The third-order valence-electron chi connectivity index (χ3n) is 3.30. The van der Waals surface area contributed by atoms with E-state index in [1.54, 1.807) is 7.11 Å². The molecule has 1 aliphatic heterocycles. The monoisotopic (exact) mass is 295 g/mol. The molecule has 6 nitrogen and oxygen atoms in total. The van der Waals surface area contributed by atoms with Crippen molar-refractivity contribution >= 4 is 5.97 Å². The molecule has 0 aliphatic carbocycles. The fourth-order valence-corrected chi connectivity index (χ4v) is 2.13. The van der Waals surface area contributed by atoms with Gasteiger partial charge >= 0.3 is 5.97 Å². The first kappa shape index (κ1) is 15.6. The van der Waals surface area contributed by atoms with Crippen LogP contribution in [0.5, 0.6) is 11.5 Å². The first-order valence-electron chi connectivity index (χ1n) is 6.89. The van der Waals surface area contributed by atoms with Crippen LogP contribution in [-0.2, 0) is 14.3 Å². The molecule has 1 atom stereocenters. The Morgan fingerprint density at radius 3 is 2.67 bits per heavy atom. The largest absolute Gasteiger partial charge is 0.497 e. The summed E-state index contributed by atoms with van der Waals surface area (Å²) in [5, 5.41) is 0. The predicted molar refractivity (Wildman–Crippen MR) is 76.7 cm³/mol. The highest BCUT2D eigenvalue weighted by molar-refractivity contribution is 5.71. The van der Waals surface area contributed by atoms with Crippen molar-refractivity contribution in [3.63, 3.8) is 0 Å². The maximum Gasteiger partial charge on any atom is 0.319 e. The Labute approximate surface area is 124 Å². The zero-order valence-electron chi connectivity index (χ0n) is 12.4. The summed E-state index contributed by atoms with van der Waals surface area (Å²) >= 11 is 0. The molecule has 1 saturated heterocycles. The number of esters is 1. The number of nitrogens with zero attached hydrogens (tertiary/aromatic N) is 1. The zero-order chi connectivity index (χ0) is 15.1. The molecule has 2 rings (SSSR count). The van der Waals surface area contributed by atoms with Gasteiger partial charge < -0.3 is 18.9 Å². The topological polar surface area (TPSA) is 57.2 Å². The maximum absolute atomic E-state index is 11.3. The lowest BCUT2D eigenvalue weighted by Gasteiger charge is -2.31. The molecule has 0 unspecified atom stereocenters. The predicted octanol–water partition coefficient (Wildman–Crippen LogP) is 0.948. The molecule has 0 saturated carbocycles. The summed E-state index contributed by atoms with van der Waals surface area (Å²) in [5.74, 6) is 1.33. The van der Waals surface area contributed by atoms with Gasteiger partial charge in [0.1, 0.15) is 24.2 Å². The van der Waals surface area contributed by atoms with Crippen molar-refractivity contribution in [3.05, 3.63) is 24.3 Å². The van der Waals surface area contributed by atoms with Crippen LogP contribution in [0.4, 0.5) is 0 Å². The second kappa shape index (κ2) is 7.85. The Morgan fingerprint density at radius 2 is 2.00 bits per heavy atom. The Kier molecular flexibility index (Phi) is 5.83. The number of hydrogen-bond acceptors (Lipinski definition) is 6. The van der Waals surface area contributed by atoms with Crippen molar-refractivity contribution in [1.82, 2.24) is 4.90 Å². The Bertz CT molecular complexity index is 448. The van der Waals surface area contributed by atoms with Gasteiger partial charge in [0.15, 0.2) is 0 Å². The van der Waals surface area contributed by atoms with E-state index in [2.05, 4.69) is 4.74 Å². The molecular weight excluding hydrogens is 274 g/mol. The van der Waals surface area contributed by atoms with E-state index in [9.17, 15) is 4.79 Å². The van der Waals surface area contributed by atoms with Crippen molar-refractivity contribution in [3.8, 4) is 11.5 Å². The van der Waals surface area contributed by atoms with Crippen LogP contribution in [0.25, 0.3) is 0 Å². The fourth-order valence-electron chi connectivity index (χ4n) is 2.13. The van der Waals surface area contributed by atoms with Crippen LogP contribution in [0.2, 0.25) is 0 Å². The summed E-state index contributed by atoms with van der Waals surface area (Å²) in [7, 11) is 3.02. The van der Waals surface area contributed by atoms with Crippen molar-refractivity contribution in [2.75, 3.05) is 47.1 Å². The van der Waals surface area contributed by atoms with Gasteiger partial charge in [-0.2, -0.15) is 0 Å². The summed E-state index contributed by atoms with van der Waals surface area (Å²) in [6.45, 7) is 2.72. The van der Waals surface area contributed by atoms with Gasteiger partial charge in [0, 0.05) is 13.1 Å². The fraction of sp³-hybridized carbons (Fsp3) is 0.533. The van der Waals surface area contributed by atoms with Gasteiger partial charge in [-0.25, -0.2) is 0 Å². The highest BCUT2D eigenvalue weighted by Gasteiger charge is 2.22. The first-order valence-corrected chi connectivity index (χ1v) is 6.89. The molecule has 21 heavy (non-hydrogen) atoms. The molecule has 6 heteroatoms. The van der Waals surface area contributed by atoms with Crippen LogP contribution in [0.3, 0.4) is 0 Å². The third-order valence-corrected chi connectivity index (χ3v) is 3.30. The normalized spacial score (nSPS) is 19.0. The Morgan fingerprint density at radius 1 is 1.29 bits per heavy atom. The smallest absolute Gasteiger partial charge is 0.319 e. The van der Waals surface area contributed by atoms with Gasteiger partial charge in [-0.3, -0.25) is 9.69 Å². The Hall–Kier alpha value is -1.79. The van der Waals surface area contributed by atoms with E-state index in [1.165, 1.54) is 7.11 Å². The van der Waals surface area contributed by atoms with Crippen LogP contribution in [0.15, 0.2) is 24.3 Å². The Balaban J connectivity index is 1.78. The van der Waals surface area contributed by atoms with Gasteiger partial charge in [-0.05, 0) is 24.3 Å². The lowest BCUT2D eigenvalue weighted by molar-refractivity contribution is -0.144. The van der Waals surface area contributed by atoms with E-state index in [0.29, 0.717) is 26.3 Å². The minimum atomic E-state index is -0.230. The van der Waals surface area contributed by atoms with E-state index in [0.717, 1.165) is 18.0 Å². The summed E-state index contributed by atoms with van der Waals surface area (Å²) < 4.78 is 21.1. The van der Waals surface area contributed by atoms with E-state index in [4.69, 9.17) is 14.2 Å². The SMILES string of the molecule is COC(=O)CN1CCO[C@@H](COc2ccc(OC)cc2)C1. The van der Waals surface area contributed by atoms with Gasteiger partial charge in [0.05, 0.1) is 27.4 Å². The molecule has 0 radical (unpaired) electrons. The lowest BCUT2D eigenvalue weighted by atomic mass is 10.3. The zero-order valence-corrected chi connectivity index (χ0v) is 12.4. The van der Waals surface area contributed by atoms with Crippen LogP contribution in [-0.4, -0.2) is 64.0 Å². The average Bonchev–Trinajstić information content (AvgIpc) is 2.53. The second-order valence-electron chi connectivity index (χ2n) is 4.79. The van der Waals surface area contributed by atoms with Crippen molar-refractivity contribution in [2.45, 2.75) is 6.10 Å². The van der Waals surface area contributed by atoms with Crippen molar-refractivity contribution in [2.24, 2.45) is 0 Å². The van der Waals surface area contributed by atoms with Gasteiger partial charge in [-0.1, -0.05) is 0 Å². The average molecular weight is 295 g/mol. The molecule has 0 spiro atoms. The number of ether oxygens (including phenoxy) is 4. The molecule has 1 aromatic carbocycles. The highest BCUT2D eigenvalue weighted by atomic mass is 16.5. The van der Waals surface area contributed by atoms with Crippen molar-refractivity contribution < 1.29 is 23.7 Å². The molecule has 1 aliphatic rings. The molecule has 0 N–H and O–H groups in total. The minimum Gasteiger partial charge on any atom is -0.497 e. The molecule has 1 heterocycles. The summed E-state index contributed by atoms with van der Waals surface area (Å²) in [6, 6.07) is 7.41. The van der Waals surface area contributed by atoms with Gasteiger partial charge in [0.25, 0.3) is 0 Å². The van der Waals surface area contributed by atoms with E-state index in [1.807, 2.05) is 29.2 Å². The molecule has 0 amide bonds. The maximum atomic E-state index is 11.3. The number of carbonyl (C=O) groups excluding carboxylic acids is 1. The highest BCUT2D eigenvalue weighted by Crippen LogP contribution is 2.17. The number of carbonyl (C=O) groups is 1. The molecule has 1 aromatic rings. The number of morpholine rings is 1. The van der Waals surface area contributed by atoms with Gasteiger partial charge in [-0.15, -0.1) is 0 Å². The van der Waals surface area contributed by atoms with Crippen LogP contribution >= 0.6 is 0 Å². The first-order chi connectivity index (χ1) is 10.2. The van der Waals surface area contributed by atoms with Crippen molar-refractivity contribution in [1.29, 1.82) is 0 Å². The van der Waals surface area contributed by atoms with E-state index < -0.39 is 0 Å². The molecule has 116 valence electrons. The summed E-state index contributed by atoms with van der Waals surface area (Å²) in [5.41, 5.74) is 0. The second-order valence-corrected chi connectivity index (χ2v) is 4.79. The van der Waals surface area contributed by atoms with Gasteiger partial charge in [0.2, 0.25) is 0 Å². The van der Waals surface area contributed by atoms with E-state index >= 15 is 0 Å². The van der Waals surface area contributed by atoms with Crippen LogP contribution in [0, 0.1) is 0 Å². The molecule has 0 bridgehead atoms.